The van der Waals surface area contributed by atoms with E-state index in [1.807, 2.05) is 61.5 Å². The molecule has 3 heteroatoms. The smallest absolute Gasteiger partial charge is 0.0738 e. The van der Waals surface area contributed by atoms with Gasteiger partial charge in [0.25, 0.3) is 0 Å². The predicted octanol–water partition coefficient (Wildman–Crippen LogP) is 3.10. The topological polar surface area (TPSA) is 29.1 Å². The molecule has 2 rings (SSSR count). The molecule has 0 aliphatic carbocycles. The van der Waals surface area contributed by atoms with E-state index in [1.165, 1.54) is 0 Å². The Balaban J connectivity index is 2.29. The SMILES string of the molecule is C=S(=O)(Nc1ccccc1)c1ccc(C)cc1. The summed E-state index contributed by atoms with van der Waals surface area (Å²) in [6.07, 6.45) is 0. The Morgan fingerprint density at radius 3 is 2.18 bits per heavy atom. The van der Waals surface area contributed by atoms with E-state index in [0.29, 0.717) is 4.90 Å². The van der Waals surface area contributed by atoms with Gasteiger partial charge in [-0.2, -0.15) is 0 Å². The van der Waals surface area contributed by atoms with Crippen LogP contribution in [0.3, 0.4) is 0 Å². The van der Waals surface area contributed by atoms with Crippen LogP contribution in [0.15, 0.2) is 59.5 Å². The molecular formula is C14H15NOS. The summed E-state index contributed by atoms with van der Waals surface area (Å²) in [5, 5.41) is 0. The quantitative estimate of drug-likeness (QED) is 0.827. The fourth-order valence-corrected chi connectivity index (χ4v) is 2.72. The fraction of sp³-hybridized carbons (Fsp3) is 0.0714. The van der Waals surface area contributed by atoms with Gasteiger partial charge in [0.1, 0.15) is 0 Å². The first kappa shape index (κ1) is 11.7. The number of aryl methyl sites for hydroxylation is 1. The van der Waals surface area contributed by atoms with Gasteiger partial charge in [0.2, 0.25) is 0 Å². The second kappa shape index (κ2) is 4.63. The van der Waals surface area contributed by atoms with Crippen molar-refractivity contribution in [1.82, 2.24) is 0 Å². The van der Waals surface area contributed by atoms with Crippen LogP contribution in [0.1, 0.15) is 5.56 Å². The average Bonchev–Trinajstić information content (AvgIpc) is 2.30. The van der Waals surface area contributed by atoms with Crippen molar-refractivity contribution in [2.24, 2.45) is 0 Å². The van der Waals surface area contributed by atoms with Crippen molar-refractivity contribution in [3.63, 3.8) is 0 Å². The van der Waals surface area contributed by atoms with E-state index >= 15 is 0 Å². The molecule has 0 aliphatic heterocycles. The standard InChI is InChI=1S/C14H15NOS/c1-12-8-10-14(11-9-12)17(2,16)15-13-6-4-3-5-7-13/h3-11H,2H2,1H3,(H,15,16). The first-order chi connectivity index (χ1) is 8.08. The molecule has 1 unspecified atom stereocenters. The number of benzene rings is 2. The Morgan fingerprint density at radius 1 is 1.00 bits per heavy atom. The van der Waals surface area contributed by atoms with E-state index in [1.54, 1.807) is 0 Å². The summed E-state index contributed by atoms with van der Waals surface area (Å²) in [6, 6.07) is 17.0. The molecular weight excluding hydrogens is 230 g/mol. The molecule has 2 aromatic rings. The van der Waals surface area contributed by atoms with Crippen LogP contribution in [0.25, 0.3) is 0 Å². The number of rotatable bonds is 3. The van der Waals surface area contributed by atoms with E-state index in [4.69, 9.17) is 0 Å². The Kier molecular flexibility index (Phi) is 3.20. The molecule has 1 N–H and O–H groups in total. The first-order valence-corrected chi connectivity index (χ1v) is 7.07. The summed E-state index contributed by atoms with van der Waals surface area (Å²) in [5.41, 5.74) is 1.96. The molecule has 0 spiro atoms. The van der Waals surface area contributed by atoms with Gasteiger partial charge in [-0.15, -0.1) is 0 Å². The molecule has 0 fully saturated rings. The highest BCUT2D eigenvalue weighted by atomic mass is 32.2. The number of nitrogens with one attached hydrogen (secondary N) is 1. The second-order valence-electron chi connectivity index (χ2n) is 3.96. The number of para-hydroxylation sites is 1. The largest absolute Gasteiger partial charge is 0.309 e. The Bertz CT molecular complexity index is 586. The molecule has 0 amide bonds. The van der Waals surface area contributed by atoms with E-state index in [2.05, 4.69) is 10.6 Å². The molecule has 0 aliphatic rings. The maximum Gasteiger partial charge on any atom is 0.0738 e. The first-order valence-electron chi connectivity index (χ1n) is 5.35. The lowest BCUT2D eigenvalue weighted by Gasteiger charge is -2.12. The van der Waals surface area contributed by atoms with E-state index in [-0.39, 0.29) is 0 Å². The molecule has 2 nitrogen and oxygen atoms in total. The molecule has 1 atom stereocenters. The maximum absolute atomic E-state index is 12.4. The minimum Gasteiger partial charge on any atom is -0.309 e. The van der Waals surface area contributed by atoms with E-state index < -0.39 is 9.71 Å². The third-order valence-electron chi connectivity index (χ3n) is 2.46. The molecule has 17 heavy (non-hydrogen) atoms. The van der Waals surface area contributed by atoms with Gasteiger partial charge in [0, 0.05) is 10.6 Å². The zero-order valence-corrected chi connectivity index (χ0v) is 10.5. The lowest BCUT2D eigenvalue weighted by atomic mass is 10.2. The predicted molar refractivity (Wildman–Crippen MR) is 74.8 cm³/mol. The van der Waals surface area contributed by atoms with Crippen molar-refractivity contribution < 1.29 is 4.21 Å². The molecule has 0 aromatic heterocycles. The highest BCUT2D eigenvalue weighted by Crippen LogP contribution is 2.15. The normalized spacial score (nSPS) is 13.9. The van der Waals surface area contributed by atoms with Crippen molar-refractivity contribution in [3.8, 4) is 0 Å². The molecule has 0 saturated heterocycles. The number of anilines is 1. The minimum atomic E-state index is -2.48. The molecule has 0 saturated carbocycles. The van der Waals surface area contributed by atoms with Gasteiger partial charge in [0.15, 0.2) is 0 Å². The summed E-state index contributed by atoms with van der Waals surface area (Å²) in [4.78, 5) is 0.715. The van der Waals surface area contributed by atoms with Gasteiger partial charge < -0.3 is 4.72 Å². The van der Waals surface area contributed by atoms with Crippen LogP contribution < -0.4 is 4.72 Å². The Hall–Kier alpha value is -1.74. The lowest BCUT2D eigenvalue weighted by molar-refractivity contribution is 0.684. The molecule has 2 aromatic carbocycles. The molecule has 0 bridgehead atoms. The summed E-state index contributed by atoms with van der Waals surface area (Å²) in [7, 11) is -2.48. The maximum atomic E-state index is 12.4. The Labute approximate surface area is 102 Å². The third-order valence-corrected chi connectivity index (χ3v) is 4.06. The van der Waals surface area contributed by atoms with E-state index in [0.717, 1.165) is 11.3 Å². The van der Waals surface area contributed by atoms with Crippen molar-refractivity contribution in [1.29, 1.82) is 0 Å². The summed E-state index contributed by atoms with van der Waals surface area (Å²) < 4.78 is 15.4. The van der Waals surface area contributed by atoms with Crippen LogP contribution >= 0.6 is 0 Å². The van der Waals surface area contributed by atoms with Gasteiger partial charge >= 0.3 is 0 Å². The monoisotopic (exact) mass is 245 g/mol. The molecule has 88 valence electrons. The summed E-state index contributed by atoms with van der Waals surface area (Å²) in [6.45, 7) is 2.00. The van der Waals surface area contributed by atoms with E-state index in [9.17, 15) is 4.21 Å². The second-order valence-corrected chi connectivity index (χ2v) is 5.98. The summed E-state index contributed by atoms with van der Waals surface area (Å²) >= 11 is 0. The highest BCUT2D eigenvalue weighted by molar-refractivity contribution is 8.01. The number of hydrogen-bond donors (Lipinski definition) is 1. The average molecular weight is 245 g/mol. The third kappa shape index (κ3) is 2.88. The van der Waals surface area contributed by atoms with Crippen LogP contribution in [0.2, 0.25) is 0 Å². The molecule has 0 heterocycles. The van der Waals surface area contributed by atoms with Crippen LogP contribution in [0, 0.1) is 6.92 Å². The van der Waals surface area contributed by atoms with Crippen molar-refractivity contribution in [2.45, 2.75) is 11.8 Å². The zero-order valence-electron chi connectivity index (χ0n) is 9.72. The van der Waals surface area contributed by atoms with Crippen molar-refractivity contribution in [2.75, 3.05) is 4.72 Å². The fourth-order valence-electron chi connectivity index (χ4n) is 1.51. The van der Waals surface area contributed by atoms with Gasteiger partial charge in [-0.25, -0.2) is 4.21 Å². The van der Waals surface area contributed by atoms with Crippen LogP contribution in [-0.4, -0.2) is 10.1 Å². The van der Waals surface area contributed by atoms with Crippen LogP contribution in [0.5, 0.6) is 0 Å². The lowest BCUT2D eigenvalue weighted by Crippen LogP contribution is -2.12. The number of hydrogen-bond acceptors (Lipinski definition) is 1. The molecule has 0 radical (unpaired) electrons. The zero-order chi connectivity index (χ0) is 12.3. The van der Waals surface area contributed by atoms with Gasteiger partial charge in [0.05, 0.1) is 9.71 Å². The van der Waals surface area contributed by atoms with Gasteiger partial charge in [-0.1, -0.05) is 35.9 Å². The highest BCUT2D eigenvalue weighted by Gasteiger charge is 2.06. The van der Waals surface area contributed by atoms with Crippen LogP contribution in [0.4, 0.5) is 5.69 Å². The minimum absolute atomic E-state index is 0.715. The van der Waals surface area contributed by atoms with Gasteiger partial charge in [-0.05, 0) is 37.1 Å². The van der Waals surface area contributed by atoms with Crippen molar-refractivity contribution >= 4 is 21.3 Å². The Morgan fingerprint density at radius 2 is 1.59 bits per heavy atom. The van der Waals surface area contributed by atoms with Crippen molar-refractivity contribution in [3.05, 3.63) is 60.2 Å². The van der Waals surface area contributed by atoms with Crippen LogP contribution in [-0.2, 0) is 9.71 Å². The van der Waals surface area contributed by atoms with Gasteiger partial charge in [-0.3, -0.25) is 0 Å². The summed E-state index contributed by atoms with van der Waals surface area (Å²) in [5.74, 6) is 3.78.